The van der Waals surface area contributed by atoms with Gasteiger partial charge in [-0.3, -0.25) is 0 Å². The monoisotopic (exact) mass is 220 g/mol. The lowest BCUT2D eigenvalue weighted by atomic mass is 10.4. The molecule has 1 unspecified atom stereocenters. The average Bonchev–Trinajstić information content (AvgIpc) is 2.22. The van der Waals surface area contributed by atoms with Crippen molar-refractivity contribution in [2.45, 2.75) is 6.10 Å². The lowest BCUT2D eigenvalue weighted by Crippen LogP contribution is -2.28. The van der Waals surface area contributed by atoms with Gasteiger partial charge in [0, 0.05) is 7.11 Å². The Labute approximate surface area is 90.6 Å². The number of rotatable bonds is 2. The van der Waals surface area contributed by atoms with Crippen LogP contribution in [-0.4, -0.2) is 66.1 Å². The minimum Gasteiger partial charge on any atom is -0.382 e. The van der Waals surface area contributed by atoms with Gasteiger partial charge in [0.15, 0.2) is 0 Å². The fraction of sp³-hybridized carbons (Fsp3) is 1.00. The van der Waals surface area contributed by atoms with Gasteiger partial charge in [0.25, 0.3) is 0 Å². The largest absolute Gasteiger partial charge is 0.382 e. The van der Waals surface area contributed by atoms with Crippen LogP contribution >= 0.6 is 0 Å². The van der Waals surface area contributed by atoms with Gasteiger partial charge in [0.1, 0.15) is 6.10 Å². The lowest BCUT2D eigenvalue weighted by Gasteiger charge is -2.18. The van der Waals surface area contributed by atoms with Crippen molar-refractivity contribution in [2.24, 2.45) is 0 Å². The lowest BCUT2D eigenvalue weighted by molar-refractivity contribution is -0.0851. The molecule has 1 saturated heterocycles. The second-order valence-electron chi connectivity index (χ2n) is 3.25. The maximum absolute atomic E-state index is 5.54. The number of hydrogen-bond acceptors (Lipinski definition) is 5. The maximum Gasteiger partial charge on any atom is 0.104 e. The molecular weight excluding hydrogens is 200 g/mol. The van der Waals surface area contributed by atoms with Crippen LogP contribution < -0.4 is 0 Å². The highest BCUT2D eigenvalue weighted by Gasteiger charge is 2.09. The van der Waals surface area contributed by atoms with Crippen molar-refractivity contribution in [1.29, 1.82) is 0 Å². The summed E-state index contributed by atoms with van der Waals surface area (Å²) >= 11 is 0. The molecule has 0 aromatic carbocycles. The summed E-state index contributed by atoms with van der Waals surface area (Å²) in [6.45, 7) is 4.65. The Morgan fingerprint density at radius 1 is 0.933 bits per heavy atom. The van der Waals surface area contributed by atoms with Crippen LogP contribution in [0.15, 0.2) is 0 Å². The van der Waals surface area contributed by atoms with E-state index in [-0.39, 0.29) is 6.10 Å². The molecule has 0 N–H and O–H groups in total. The molecule has 0 bridgehead atoms. The molecule has 0 saturated carbocycles. The van der Waals surface area contributed by atoms with Crippen molar-refractivity contribution in [2.75, 3.05) is 60.0 Å². The molecule has 15 heavy (non-hydrogen) atoms. The zero-order chi connectivity index (χ0) is 10.8. The molecule has 1 aliphatic heterocycles. The molecule has 90 valence electrons. The highest BCUT2D eigenvalue weighted by molar-refractivity contribution is 4.55. The van der Waals surface area contributed by atoms with Gasteiger partial charge >= 0.3 is 0 Å². The van der Waals surface area contributed by atoms with Crippen molar-refractivity contribution in [1.82, 2.24) is 0 Å². The minimum absolute atomic E-state index is 0.0157. The molecule has 1 atom stereocenters. The Hall–Kier alpha value is -0.200. The van der Waals surface area contributed by atoms with Crippen LogP contribution in [0.1, 0.15) is 0 Å². The Morgan fingerprint density at radius 2 is 1.53 bits per heavy atom. The number of hydrogen-bond donors (Lipinski definition) is 0. The summed E-state index contributed by atoms with van der Waals surface area (Å²) in [4.78, 5) is 0. The molecule has 0 aromatic heterocycles. The molecule has 0 aromatic rings. The van der Waals surface area contributed by atoms with Gasteiger partial charge < -0.3 is 23.7 Å². The van der Waals surface area contributed by atoms with Gasteiger partial charge in [0.2, 0.25) is 0 Å². The van der Waals surface area contributed by atoms with E-state index >= 15 is 0 Å². The van der Waals surface area contributed by atoms with Gasteiger partial charge in [-0.15, -0.1) is 0 Å². The third kappa shape index (κ3) is 6.81. The van der Waals surface area contributed by atoms with Crippen LogP contribution in [0.4, 0.5) is 0 Å². The summed E-state index contributed by atoms with van der Waals surface area (Å²) in [7, 11) is 1.65. The molecule has 0 amide bonds. The van der Waals surface area contributed by atoms with Gasteiger partial charge in [0.05, 0.1) is 52.9 Å². The summed E-state index contributed by atoms with van der Waals surface area (Å²) < 4.78 is 26.5. The fourth-order valence-electron chi connectivity index (χ4n) is 1.26. The van der Waals surface area contributed by atoms with Crippen LogP contribution in [0.5, 0.6) is 0 Å². The van der Waals surface area contributed by atoms with E-state index in [0.717, 1.165) is 0 Å². The summed E-state index contributed by atoms with van der Waals surface area (Å²) in [5.74, 6) is 0. The zero-order valence-corrected chi connectivity index (χ0v) is 9.28. The fourth-order valence-corrected chi connectivity index (χ4v) is 1.26. The Kier molecular flexibility index (Phi) is 7.77. The molecule has 0 radical (unpaired) electrons. The van der Waals surface area contributed by atoms with Gasteiger partial charge in [-0.2, -0.15) is 0 Å². The Morgan fingerprint density at radius 3 is 2.20 bits per heavy atom. The van der Waals surface area contributed by atoms with E-state index in [0.29, 0.717) is 52.9 Å². The predicted molar refractivity (Wildman–Crippen MR) is 54.1 cm³/mol. The number of methoxy groups -OCH3 is 1. The third-order valence-corrected chi connectivity index (χ3v) is 1.98. The average molecular weight is 220 g/mol. The first-order valence-electron chi connectivity index (χ1n) is 5.27. The van der Waals surface area contributed by atoms with Crippen molar-refractivity contribution < 1.29 is 23.7 Å². The molecule has 1 heterocycles. The molecule has 1 fully saturated rings. The van der Waals surface area contributed by atoms with E-state index in [4.69, 9.17) is 23.7 Å². The predicted octanol–water partition coefficient (Wildman–Crippen LogP) is 0.0814. The third-order valence-electron chi connectivity index (χ3n) is 1.98. The smallest absolute Gasteiger partial charge is 0.104 e. The maximum atomic E-state index is 5.54. The van der Waals surface area contributed by atoms with Gasteiger partial charge in [-0.05, 0) is 0 Å². The van der Waals surface area contributed by atoms with Crippen LogP contribution in [0.25, 0.3) is 0 Å². The van der Waals surface area contributed by atoms with Crippen molar-refractivity contribution in [3.05, 3.63) is 0 Å². The summed E-state index contributed by atoms with van der Waals surface area (Å²) in [5.41, 5.74) is 0. The van der Waals surface area contributed by atoms with Crippen LogP contribution in [0.3, 0.4) is 0 Å². The minimum atomic E-state index is -0.0157. The van der Waals surface area contributed by atoms with E-state index in [1.807, 2.05) is 0 Å². The second-order valence-corrected chi connectivity index (χ2v) is 3.25. The Bertz CT molecular complexity index is 130. The number of ether oxygens (including phenoxy) is 5. The first kappa shape index (κ1) is 12.9. The normalized spacial score (nSPS) is 26.6. The van der Waals surface area contributed by atoms with Crippen LogP contribution in [-0.2, 0) is 23.7 Å². The summed E-state index contributed by atoms with van der Waals surface area (Å²) in [6.07, 6.45) is -0.0157. The molecular formula is C10H20O5. The van der Waals surface area contributed by atoms with E-state index in [9.17, 15) is 0 Å². The van der Waals surface area contributed by atoms with E-state index in [1.165, 1.54) is 0 Å². The quantitative estimate of drug-likeness (QED) is 0.659. The van der Waals surface area contributed by atoms with E-state index in [1.54, 1.807) is 7.11 Å². The molecule has 5 heteroatoms. The van der Waals surface area contributed by atoms with Crippen molar-refractivity contribution in [3.8, 4) is 0 Å². The second kappa shape index (κ2) is 9.06. The molecule has 0 spiro atoms. The van der Waals surface area contributed by atoms with Crippen molar-refractivity contribution in [3.63, 3.8) is 0 Å². The van der Waals surface area contributed by atoms with Crippen molar-refractivity contribution >= 4 is 0 Å². The zero-order valence-electron chi connectivity index (χ0n) is 9.28. The highest BCUT2D eigenvalue weighted by Crippen LogP contribution is 1.96. The van der Waals surface area contributed by atoms with Gasteiger partial charge in [-0.25, -0.2) is 0 Å². The van der Waals surface area contributed by atoms with Crippen LogP contribution in [0, 0.1) is 0 Å². The van der Waals surface area contributed by atoms with E-state index in [2.05, 4.69) is 0 Å². The Balaban J connectivity index is 2.19. The summed E-state index contributed by atoms with van der Waals surface area (Å²) in [6, 6.07) is 0. The van der Waals surface area contributed by atoms with Gasteiger partial charge in [-0.1, -0.05) is 0 Å². The highest BCUT2D eigenvalue weighted by atomic mass is 16.6. The summed E-state index contributed by atoms with van der Waals surface area (Å²) in [5, 5.41) is 0. The standard InChI is InChI=1S/C10H20O5/c1-11-8-10-9-14-5-4-12-2-3-13-6-7-15-10/h10H,2-9H2,1H3. The topological polar surface area (TPSA) is 46.2 Å². The van der Waals surface area contributed by atoms with Crippen LogP contribution in [0.2, 0.25) is 0 Å². The molecule has 0 aliphatic carbocycles. The molecule has 5 nitrogen and oxygen atoms in total. The van der Waals surface area contributed by atoms with E-state index < -0.39 is 0 Å². The first-order valence-corrected chi connectivity index (χ1v) is 5.27. The molecule has 1 rings (SSSR count). The first-order chi connectivity index (χ1) is 7.43. The SMILES string of the molecule is COCC1COCCOCCOCCO1. The molecule has 1 aliphatic rings.